The first-order chi connectivity index (χ1) is 14.7. The Hall–Kier alpha value is -2.88. The van der Waals surface area contributed by atoms with Gasteiger partial charge in [-0.2, -0.15) is 10.2 Å². The second-order valence-electron chi connectivity index (χ2n) is 8.67. The topological polar surface area (TPSA) is 110 Å². The predicted molar refractivity (Wildman–Crippen MR) is 118 cm³/mol. The lowest BCUT2D eigenvalue weighted by Crippen LogP contribution is -2.34. The fourth-order valence-electron chi connectivity index (χ4n) is 3.93. The van der Waals surface area contributed by atoms with Crippen LogP contribution in [0, 0.1) is 0 Å². The van der Waals surface area contributed by atoms with E-state index in [0.29, 0.717) is 36.6 Å². The van der Waals surface area contributed by atoms with Crippen LogP contribution in [0.3, 0.4) is 0 Å². The molecule has 0 spiro atoms. The minimum absolute atomic E-state index is 0.0403. The van der Waals surface area contributed by atoms with Gasteiger partial charge in [-0.15, -0.1) is 0 Å². The number of aromatic nitrogens is 4. The maximum atomic E-state index is 12.8. The standard InChI is InChI=1S/C21H25N5O4S/c1-21(6-7-21)30-14-4-5-16-15(12-14)19(23-22-16)17-13-18(20(27)25(2)24-17)26-8-3-10-31(28,29)11-9-26/h4-5,12-13H,3,6-11H2,1-2H3,(H,22,23). The molecule has 2 aliphatic rings. The molecule has 1 aliphatic heterocycles. The van der Waals surface area contributed by atoms with Crippen LogP contribution in [0.15, 0.2) is 29.1 Å². The van der Waals surface area contributed by atoms with Crippen molar-refractivity contribution >= 4 is 26.4 Å². The van der Waals surface area contributed by atoms with Crippen molar-refractivity contribution in [1.82, 2.24) is 20.0 Å². The zero-order chi connectivity index (χ0) is 21.8. The molecule has 1 aromatic carbocycles. The van der Waals surface area contributed by atoms with Crippen LogP contribution in [-0.2, 0) is 16.9 Å². The van der Waals surface area contributed by atoms with Gasteiger partial charge >= 0.3 is 0 Å². The molecule has 10 heteroatoms. The number of nitrogens with one attached hydrogen (secondary N) is 1. The normalized spacial score (nSPS) is 19.9. The van der Waals surface area contributed by atoms with Crippen LogP contribution in [0.5, 0.6) is 5.75 Å². The zero-order valence-corrected chi connectivity index (χ0v) is 18.4. The monoisotopic (exact) mass is 443 g/mol. The first-order valence-electron chi connectivity index (χ1n) is 10.4. The lowest BCUT2D eigenvalue weighted by Gasteiger charge is -2.22. The van der Waals surface area contributed by atoms with Gasteiger partial charge in [0, 0.05) is 25.5 Å². The zero-order valence-electron chi connectivity index (χ0n) is 17.6. The Balaban J connectivity index is 1.55. The molecule has 0 atom stereocenters. The first-order valence-corrected chi connectivity index (χ1v) is 12.3. The van der Waals surface area contributed by atoms with Crippen molar-refractivity contribution in [3.05, 3.63) is 34.6 Å². The summed E-state index contributed by atoms with van der Waals surface area (Å²) in [5, 5.41) is 12.7. The van der Waals surface area contributed by atoms with Crippen molar-refractivity contribution in [2.45, 2.75) is 31.8 Å². The Morgan fingerprint density at radius 3 is 2.74 bits per heavy atom. The Labute approximate surface area is 179 Å². The second-order valence-corrected chi connectivity index (χ2v) is 11.0. The molecule has 31 heavy (non-hydrogen) atoms. The van der Waals surface area contributed by atoms with Gasteiger partial charge in [-0.25, -0.2) is 13.1 Å². The fraction of sp³-hybridized carbons (Fsp3) is 0.476. The lowest BCUT2D eigenvalue weighted by molar-refractivity contribution is 0.200. The summed E-state index contributed by atoms with van der Waals surface area (Å²) >= 11 is 0. The Morgan fingerprint density at radius 2 is 1.97 bits per heavy atom. The highest BCUT2D eigenvalue weighted by molar-refractivity contribution is 7.91. The van der Waals surface area contributed by atoms with E-state index in [2.05, 4.69) is 22.2 Å². The van der Waals surface area contributed by atoms with Crippen molar-refractivity contribution in [3.8, 4) is 17.1 Å². The Morgan fingerprint density at radius 1 is 1.16 bits per heavy atom. The highest BCUT2D eigenvalue weighted by Crippen LogP contribution is 2.40. The highest BCUT2D eigenvalue weighted by Gasteiger charge is 2.40. The molecule has 3 heterocycles. The number of anilines is 1. The smallest absolute Gasteiger partial charge is 0.290 e. The number of rotatable bonds is 4. The van der Waals surface area contributed by atoms with Crippen LogP contribution in [-0.4, -0.2) is 58.6 Å². The maximum absolute atomic E-state index is 12.8. The summed E-state index contributed by atoms with van der Waals surface area (Å²) in [7, 11) is -1.48. The van der Waals surface area contributed by atoms with E-state index in [9.17, 15) is 13.2 Å². The summed E-state index contributed by atoms with van der Waals surface area (Å²) in [6, 6.07) is 7.51. The number of nitrogens with zero attached hydrogens (tertiary/aromatic N) is 4. The molecule has 5 rings (SSSR count). The van der Waals surface area contributed by atoms with E-state index in [-0.39, 0.29) is 22.7 Å². The molecule has 0 unspecified atom stereocenters. The van der Waals surface area contributed by atoms with Crippen LogP contribution in [0.2, 0.25) is 0 Å². The summed E-state index contributed by atoms with van der Waals surface area (Å²) in [5.74, 6) is 0.962. The number of fused-ring (bicyclic) bond motifs is 1. The number of hydrogen-bond acceptors (Lipinski definition) is 7. The van der Waals surface area contributed by atoms with Gasteiger partial charge in [-0.1, -0.05) is 0 Å². The van der Waals surface area contributed by atoms with Crippen LogP contribution < -0.4 is 15.2 Å². The van der Waals surface area contributed by atoms with Crippen LogP contribution in [0.1, 0.15) is 26.2 Å². The van der Waals surface area contributed by atoms with Crippen LogP contribution in [0.4, 0.5) is 5.69 Å². The summed E-state index contributed by atoms with van der Waals surface area (Å²) in [6.45, 7) is 2.89. The molecule has 2 aromatic heterocycles. The van der Waals surface area contributed by atoms with Crippen molar-refractivity contribution < 1.29 is 13.2 Å². The molecule has 164 valence electrons. The van der Waals surface area contributed by atoms with E-state index in [1.54, 1.807) is 13.1 Å². The van der Waals surface area contributed by atoms with Gasteiger partial charge in [-0.3, -0.25) is 9.89 Å². The second kappa shape index (κ2) is 7.08. The molecule has 3 aromatic rings. The largest absolute Gasteiger partial charge is 0.488 e. The highest BCUT2D eigenvalue weighted by atomic mass is 32.2. The molecule has 0 bridgehead atoms. The van der Waals surface area contributed by atoms with Gasteiger partial charge in [0.1, 0.15) is 28.4 Å². The quantitative estimate of drug-likeness (QED) is 0.655. The van der Waals surface area contributed by atoms with Crippen molar-refractivity contribution in [2.24, 2.45) is 7.05 Å². The van der Waals surface area contributed by atoms with Crippen LogP contribution >= 0.6 is 0 Å². The predicted octanol–water partition coefficient (Wildman–Crippen LogP) is 1.88. The third kappa shape index (κ3) is 3.91. The number of ether oxygens (including phenoxy) is 1. The average molecular weight is 444 g/mol. The molecule has 0 radical (unpaired) electrons. The third-order valence-corrected chi connectivity index (χ3v) is 7.75. The van der Waals surface area contributed by atoms with Gasteiger partial charge in [-0.05, 0) is 50.5 Å². The van der Waals surface area contributed by atoms with E-state index >= 15 is 0 Å². The minimum Gasteiger partial charge on any atom is -0.488 e. The van der Waals surface area contributed by atoms with E-state index in [4.69, 9.17) is 4.74 Å². The van der Waals surface area contributed by atoms with Gasteiger partial charge in [0.05, 0.1) is 17.0 Å². The molecule has 1 aliphatic carbocycles. The maximum Gasteiger partial charge on any atom is 0.290 e. The Bertz CT molecular complexity index is 1320. The number of benzene rings is 1. The van der Waals surface area contributed by atoms with E-state index < -0.39 is 9.84 Å². The average Bonchev–Trinajstić information content (AvgIpc) is 3.34. The molecule has 1 saturated heterocycles. The third-order valence-electron chi connectivity index (χ3n) is 6.04. The number of aromatic amines is 1. The number of hydrogen-bond donors (Lipinski definition) is 1. The molecular weight excluding hydrogens is 418 g/mol. The Kier molecular flexibility index (Phi) is 4.58. The summed E-state index contributed by atoms with van der Waals surface area (Å²) in [6.07, 6.45) is 2.58. The molecule has 9 nitrogen and oxygen atoms in total. The number of aryl methyl sites for hydroxylation is 1. The van der Waals surface area contributed by atoms with Gasteiger partial charge in [0.25, 0.3) is 5.56 Å². The van der Waals surface area contributed by atoms with E-state index in [0.717, 1.165) is 29.5 Å². The number of H-pyrrole nitrogens is 1. The van der Waals surface area contributed by atoms with Gasteiger partial charge in [0.15, 0.2) is 9.84 Å². The van der Waals surface area contributed by atoms with Crippen molar-refractivity contribution in [2.75, 3.05) is 29.5 Å². The van der Waals surface area contributed by atoms with Crippen molar-refractivity contribution in [3.63, 3.8) is 0 Å². The van der Waals surface area contributed by atoms with E-state index in [1.165, 1.54) is 4.68 Å². The molecule has 2 fully saturated rings. The SMILES string of the molecule is Cn1nc(-c2n[nH]c3ccc(OC4(C)CC4)cc23)cc(N2CCCS(=O)(=O)CC2)c1=O. The van der Waals surface area contributed by atoms with Gasteiger partial charge < -0.3 is 9.64 Å². The molecule has 0 amide bonds. The fourth-order valence-corrected chi connectivity index (χ4v) is 5.20. The summed E-state index contributed by atoms with van der Waals surface area (Å²) < 4.78 is 31.4. The number of sulfone groups is 1. The summed E-state index contributed by atoms with van der Waals surface area (Å²) in [5.41, 5.74) is 2.12. The minimum atomic E-state index is -3.08. The van der Waals surface area contributed by atoms with Crippen LogP contribution in [0.25, 0.3) is 22.3 Å². The van der Waals surface area contributed by atoms with E-state index in [1.807, 2.05) is 23.1 Å². The first kappa shape index (κ1) is 20.0. The molecule has 1 N–H and O–H groups in total. The molecular formula is C21H25N5O4S. The van der Waals surface area contributed by atoms with Crippen molar-refractivity contribution in [1.29, 1.82) is 0 Å². The molecule has 1 saturated carbocycles. The lowest BCUT2D eigenvalue weighted by atomic mass is 10.1. The summed E-state index contributed by atoms with van der Waals surface area (Å²) in [4.78, 5) is 14.6. The van der Waals surface area contributed by atoms with Gasteiger partial charge in [0.2, 0.25) is 0 Å².